The molecule has 1 saturated heterocycles. The second-order valence-corrected chi connectivity index (χ2v) is 11.0. The van der Waals surface area contributed by atoms with Gasteiger partial charge in [0.1, 0.15) is 5.56 Å². The number of nitrogens with zero attached hydrogens (tertiary/aromatic N) is 7. The Hall–Kier alpha value is -5.77. The summed E-state index contributed by atoms with van der Waals surface area (Å²) in [4.78, 5) is 31.0. The molecule has 0 spiro atoms. The normalized spacial score (nSPS) is 13.1. The van der Waals surface area contributed by atoms with Gasteiger partial charge in [0.2, 0.25) is 0 Å². The number of nitrogen functional groups attached to an aromatic ring is 1. The quantitative estimate of drug-likeness (QED) is 0.194. The highest BCUT2D eigenvalue weighted by Gasteiger charge is 2.18. The van der Waals surface area contributed by atoms with Gasteiger partial charge in [0.25, 0.3) is 11.5 Å². The topological polar surface area (TPSA) is 152 Å². The first-order valence-corrected chi connectivity index (χ1v) is 15.7. The van der Waals surface area contributed by atoms with E-state index in [0.717, 1.165) is 73.7 Å². The van der Waals surface area contributed by atoms with Gasteiger partial charge in [-0.15, -0.1) is 0 Å². The molecule has 0 saturated carbocycles. The van der Waals surface area contributed by atoms with Crippen LogP contribution in [0.2, 0.25) is 0 Å². The fourth-order valence-electron chi connectivity index (χ4n) is 5.44. The molecule has 5 aromatic rings. The number of carbonyl (C=O) groups excluding carboxylic acids is 1. The number of pyridine rings is 1. The summed E-state index contributed by atoms with van der Waals surface area (Å²) in [5.74, 6) is 6.21. The van der Waals surface area contributed by atoms with Crippen LogP contribution in [0.4, 0.5) is 11.6 Å². The molecule has 1 aliphatic heterocycles. The van der Waals surface area contributed by atoms with Crippen molar-refractivity contribution in [3.8, 4) is 17.5 Å². The van der Waals surface area contributed by atoms with Crippen molar-refractivity contribution in [3.05, 3.63) is 112 Å². The van der Waals surface area contributed by atoms with Gasteiger partial charge >= 0.3 is 0 Å². The van der Waals surface area contributed by atoms with Gasteiger partial charge in [0.15, 0.2) is 11.6 Å². The van der Waals surface area contributed by atoms with E-state index in [1.54, 1.807) is 17.8 Å². The summed E-state index contributed by atoms with van der Waals surface area (Å²) in [6, 6.07) is 17.8. The van der Waals surface area contributed by atoms with Gasteiger partial charge in [-0.1, -0.05) is 61.8 Å². The standard InChI is InChI=1S/C28H28N4O2.C8H11N5O/c1-2-25-19-24-8-6-7-23(27(24)28(33)32(25)26-9-4-3-5-10-26)12-11-22-20-29-31(21-22)14-13-30-15-17-34-18-16-30;1-3-4-11-8-5(7(10)14)6(9)12-13(8)2/h3-10,19-21H,2,13-18H2,1H3;3-4H,1H2,2H3,(H2,9,12)(H2,10,14)/b;11-4-. The minimum absolute atomic E-state index is 0.0355. The number of nitrogens with two attached hydrogens (primary N) is 2. The number of benzene rings is 2. The molecule has 0 bridgehead atoms. The highest BCUT2D eigenvalue weighted by Crippen LogP contribution is 2.23. The van der Waals surface area contributed by atoms with Crippen LogP contribution in [0.5, 0.6) is 0 Å². The number of allylic oxidation sites excluding steroid dienone is 1. The number of ether oxygens (including phenoxy) is 1. The number of aliphatic imine (C=N–C) groups is 1. The van der Waals surface area contributed by atoms with Gasteiger partial charge in [-0.2, -0.15) is 10.2 Å². The predicted molar refractivity (Wildman–Crippen MR) is 189 cm³/mol. The summed E-state index contributed by atoms with van der Waals surface area (Å²) in [5.41, 5.74) is 14.1. The molecule has 12 nitrogen and oxygen atoms in total. The van der Waals surface area contributed by atoms with Crippen LogP contribution in [0.3, 0.4) is 0 Å². The van der Waals surface area contributed by atoms with E-state index in [-0.39, 0.29) is 16.9 Å². The third-order valence-electron chi connectivity index (χ3n) is 7.82. The number of primary amides is 1. The maximum atomic E-state index is 13.6. The molecular weight excluding hydrogens is 606 g/mol. The van der Waals surface area contributed by atoms with Gasteiger partial charge in [0.05, 0.1) is 36.9 Å². The molecule has 4 heterocycles. The number of anilines is 1. The minimum Gasteiger partial charge on any atom is -0.381 e. The second-order valence-electron chi connectivity index (χ2n) is 11.0. The zero-order chi connectivity index (χ0) is 34.0. The Morgan fingerprint density at radius 3 is 2.58 bits per heavy atom. The Bertz CT molecular complexity index is 2060. The Morgan fingerprint density at radius 1 is 1.10 bits per heavy atom. The van der Waals surface area contributed by atoms with Crippen molar-refractivity contribution in [1.82, 2.24) is 29.0 Å². The van der Waals surface area contributed by atoms with Crippen molar-refractivity contribution in [2.45, 2.75) is 19.9 Å². The first-order chi connectivity index (χ1) is 23.3. The smallest absolute Gasteiger partial charge is 0.264 e. The van der Waals surface area contributed by atoms with Crippen molar-refractivity contribution in [2.75, 3.05) is 38.6 Å². The molecule has 0 atom stereocenters. The van der Waals surface area contributed by atoms with Gasteiger partial charge in [-0.25, -0.2) is 9.67 Å². The van der Waals surface area contributed by atoms with E-state index in [1.807, 2.05) is 59.4 Å². The number of hydrogen-bond acceptors (Lipinski definition) is 8. The van der Waals surface area contributed by atoms with Crippen LogP contribution >= 0.6 is 0 Å². The second kappa shape index (κ2) is 15.7. The molecule has 12 heteroatoms. The maximum Gasteiger partial charge on any atom is 0.264 e. The highest BCUT2D eigenvalue weighted by molar-refractivity contribution is 6.02. The lowest BCUT2D eigenvalue weighted by Gasteiger charge is -2.26. The fourth-order valence-corrected chi connectivity index (χ4v) is 5.44. The first-order valence-electron chi connectivity index (χ1n) is 15.7. The fraction of sp³-hybridized carbons (Fsp3) is 0.250. The summed E-state index contributed by atoms with van der Waals surface area (Å²) < 4.78 is 10.5. The molecule has 1 aliphatic rings. The number of carbonyl (C=O) groups is 1. The Balaban J connectivity index is 0.000000271. The molecule has 246 valence electrons. The molecule has 0 unspecified atom stereocenters. The van der Waals surface area contributed by atoms with Gasteiger partial charge in [-0.05, 0) is 36.1 Å². The summed E-state index contributed by atoms with van der Waals surface area (Å²) in [6.45, 7) is 10.8. The lowest BCUT2D eigenvalue weighted by Crippen LogP contribution is -2.38. The lowest BCUT2D eigenvalue weighted by atomic mass is 10.0. The molecule has 1 fully saturated rings. The zero-order valence-corrected chi connectivity index (χ0v) is 27.2. The number of aryl methyl sites for hydroxylation is 2. The van der Waals surface area contributed by atoms with Crippen LogP contribution in [-0.4, -0.2) is 74.0 Å². The van der Waals surface area contributed by atoms with Crippen LogP contribution in [0, 0.1) is 11.8 Å². The monoisotopic (exact) mass is 645 g/mol. The summed E-state index contributed by atoms with van der Waals surface area (Å²) >= 11 is 0. The summed E-state index contributed by atoms with van der Waals surface area (Å²) in [5, 5.41) is 9.86. The summed E-state index contributed by atoms with van der Waals surface area (Å²) in [7, 11) is 1.62. The largest absolute Gasteiger partial charge is 0.381 e. The third-order valence-corrected chi connectivity index (χ3v) is 7.82. The Labute approximate surface area is 278 Å². The first kappa shape index (κ1) is 33.6. The van der Waals surface area contributed by atoms with Crippen LogP contribution in [0.1, 0.15) is 34.1 Å². The molecule has 1 amide bonds. The molecular formula is C36H39N9O3. The number of rotatable bonds is 8. The highest BCUT2D eigenvalue weighted by atomic mass is 16.5. The number of aromatic nitrogens is 5. The molecule has 0 aliphatic carbocycles. The van der Waals surface area contributed by atoms with E-state index >= 15 is 0 Å². The van der Waals surface area contributed by atoms with Gasteiger partial charge < -0.3 is 16.2 Å². The number of morpholine rings is 1. The molecule has 48 heavy (non-hydrogen) atoms. The number of fused-ring (bicyclic) bond motifs is 1. The van der Waals surface area contributed by atoms with Crippen molar-refractivity contribution < 1.29 is 9.53 Å². The van der Waals surface area contributed by atoms with E-state index < -0.39 is 5.91 Å². The Kier molecular flexibility index (Phi) is 11.0. The van der Waals surface area contributed by atoms with Gasteiger partial charge in [0, 0.05) is 56.0 Å². The molecule has 0 radical (unpaired) electrons. The zero-order valence-electron chi connectivity index (χ0n) is 27.2. The molecule has 3 aromatic heterocycles. The lowest BCUT2D eigenvalue weighted by molar-refractivity contribution is 0.0359. The van der Waals surface area contributed by atoms with Crippen molar-refractivity contribution in [2.24, 2.45) is 17.8 Å². The van der Waals surface area contributed by atoms with Crippen LogP contribution in [0.25, 0.3) is 16.5 Å². The number of para-hydroxylation sites is 1. The minimum atomic E-state index is -0.646. The number of hydrogen-bond donors (Lipinski definition) is 2. The van der Waals surface area contributed by atoms with Crippen LogP contribution in [-0.2, 0) is 24.8 Å². The SMILES string of the molecule is C=C/C=N\c1c(C(N)=O)c(N)nn1C.CCc1cc2cccc(C#Cc3cnn(CCN4CCOCC4)c3)c2c(=O)n1-c1ccccc1. The maximum absolute atomic E-state index is 13.6. The molecule has 6 rings (SSSR count). The average Bonchev–Trinajstić information content (AvgIpc) is 3.68. The van der Waals surface area contributed by atoms with Gasteiger partial charge in [-0.3, -0.25) is 23.7 Å². The van der Waals surface area contributed by atoms with E-state index in [1.165, 1.54) is 17.0 Å². The van der Waals surface area contributed by atoms with Crippen LogP contribution < -0.4 is 17.0 Å². The van der Waals surface area contributed by atoms with E-state index in [2.05, 4.69) is 51.5 Å². The summed E-state index contributed by atoms with van der Waals surface area (Å²) in [6.07, 6.45) is 7.43. The third kappa shape index (κ3) is 7.78. The van der Waals surface area contributed by atoms with E-state index in [0.29, 0.717) is 11.2 Å². The van der Waals surface area contributed by atoms with E-state index in [9.17, 15) is 9.59 Å². The molecule has 2 aromatic carbocycles. The van der Waals surface area contributed by atoms with E-state index in [4.69, 9.17) is 16.2 Å². The average molecular weight is 646 g/mol. The van der Waals surface area contributed by atoms with Crippen molar-refractivity contribution in [3.63, 3.8) is 0 Å². The predicted octanol–water partition coefficient (Wildman–Crippen LogP) is 3.47. The van der Waals surface area contributed by atoms with Crippen LogP contribution in [0.15, 0.2) is 89.4 Å². The molecule has 4 N–H and O–H groups in total. The Morgan fingerprint density at radius 2 is 1.88 bits per heavy atom. The number of amides is 1. The van der Waals surface area contributed by atoms with Crippen molar-refractivity contribution >= 4 is 34.5 Å². The van der Waals surface area contributed by atoms with Crippen molar-refractivity contribution in [1.29, 1.82) is 0 Å².